The standard InChI is InChI=1S/C5H11N3O/c1-2-8-4(6)3-5(7)9/h2-3H2,1H3,(H2,6,8)(H2,7,9). The molecule has 9 heavy (non-hydrogen) atoms. The van der Waals surface area contributed by atoms with Crippen LogP contribution in [-0.2, 0) is 4.79 Å². The SMILES string of the molecule is CCN=C(N)CC(N)=O. The Morgan fingerprint density at radius 1 is 1.56 bits per heavy atom. The zero-order valence-electron chi connectivity index (χ0n) is 5.42. The molecule has 0 fully saturated rings. The summed E-state index contributed by atoms with van der Waals surface area (Å²) in [5.74, 6) is -0.130. The van der Waals surface area contributed by atoms with Gasteiger partial charge < -0.3 is 11.5 Å². The molecule has 0 aromatic rings. The van der Waals surface area contributed by atoms with E-state index >= 15 is 0 Å². The van der Waals surface area contributed by atoms with Crippen molar-refractivity contribution in [2.24, 2.45) is 16.5 Å². The number of rotatable bonds is 3. The fourth-order valence-electron chi connectivity index (χ4n) is 0.438. The topological polar surface area (TPSA) is 81.5 Å². The monoisotopic (exact) mass is 129 g/mol. The van der Waals surface area contributed by atoms with Crippen molar-refractivity contribution in [1.29, 1.82) is 0 Å². The smallest absolute Gasteiger partial charge is 0.224 e. The molecule has 0 aromatic heterocycles. The molecule has 0 aliphatic rings. The molecule has 4 nitrogen and oxygen atoms in total. The van der Waals surface area contributed by atoms with Gasteiger partial charge in [0, 0.05) is 6.54 Å². The minimum absolute atomic E-state index is 0.0633. The largest absolute Gasteiger partial charge is 0.387 e. The van der Waals surface area contributed by atoms with Crippen LogP contribution in [0, 0.1) is 0 Å². The summed E-state index contributed by atoms with van der Waals surface area (Å²) in [6.07, 6.45) is 0.0633. The normalized spacial score (nSPS) is 11.4. The number of primary amides is 1. The number of aliphatic imine (C=N–C) groups is 1. The van der Waals surface area contributed by atoms with Gasteiger partial charge in [0.25, 0.3) is 0 Å². The minimum Gasteiger partial charge on any atom is -0.387 e. The Hall–Kier alpha value is -1.06. The summed E-state index contributed by atoms with van der Waals surface area (Å²) < 4.78 is 0. The van der Waals surface area contributed by atoms with Crippen LogP contribution < -0.4 is 11.5 Å². The molecule has 0 saturated heterocycles. The third kappa shape index (κ3) is 4.80. The first kappa shape index (κ1) is 7.94. The predicted octanol–water partition coefficient (Wildman–Crippen LogP) is -0.761. The van der Waals surface area contributed by atoms with E-state index in [9.17, 15) is 4.79 Å². The number of nitrogens with two attached hydrogens (primary N) is 2. The van der Waals surface area contributed by atoms with Gasteiger partial charge in [-0.15, -0.1) is 0 Å². The maximum atomic E-state index is 10.1. The Kier molecular flexibility index (Phi) is 3.43. The van der Waals surface area contributed by atoms with Crippen LogP contribution >= 0.6 is 0 Å². The van der Waals surface area contributed by atoms with Crippen LogP contribution in [0.5, 0.6) is 0 Å². The van der Waals surface area contributed by atoms with Gasteiger partial charge in [-0.05, 0) is 6.92 Å². The number of carbonyl (C=O) groups is 1. The molecule has 0 rings (SSSR count). The maximum Gasteiger partial charge on any atom is 0.224 e. The number of hydrogen-bond donors (Lipinski definition) is 2. The second-order valence-corrected chi connectivity index (χ2v) is 1.61. The Bertz CT molecular complexity index is 130. The highest BCUT2D eigenvalue weighted by Gasteiger charge is 1.95. The molecule has 4 heteroatoms. The van der Waals surface area contributed by atoms with Crippen LogP contribution in [0.3, 0.4) is 0 Å². The Morgan fingerprint density at radius 3 is 2.44 bits per heavy atom. The second kappa shape index (κ2) is 3.88. The highest BCUT2D eigenvalue weighted by atomic mass is 16.1. The van der Waals surface area contributed by atoms with E-state index < -0.39 is 5.91 Å². The lowest BCUT2D eigenvalue weighted by atomic mass is 10.4. The van der Waals surface area contributed by atoms with Crippen molar-refractivity contribution < 1.29 is 4.79 Å². The second-order valence-electron chi connectivity index (χ2n) is 1.61. The highest BCUT2D eigenvalue weighted by molar-refractivity contribution is 5.98. The predicted molar refractivity (Wildman–Crippen MR) is 36.0 cm³/mol. The van der Waals surface area contributed by atoms with E-state index in [2.05, 4.69) is 4.99 Å². The molecule has 0 unspecified atom stereocenters. The third-order valence-corrected chi connectivity index (χ3v) is 0.717. The summed E-state index contributed by atoms with van der Waals surface area (Å²) in [6, 6.07) is 0. The van der Waals surface area contributed by atoms with Gasteiger partial charge >= 0.3 is 0 Å². The fraction of sp³-hybridized carbons (Fsp3) is 0.600. The van der Waals surface area contributed by atoms with Crippen LogP contribution in [0.1, 0.15) is 13.3 Å². The van der Waals surface area contributed by atoms with Gasteiger partial charge in [-0.25, -0.2) is 0 Å². The van der Waals surface area contributed by atoms with Crippen molar-refractivity contribution in [1.82, 2.24) is 0 Å². The lowest BCUT2D eigenvalue weighted by Gasteiger charge is -1.92. The molecule has 0 radical (unpaired) electrons. The summed E-state index contributed by atoms with van der Waals surface area (Å²) in [5.41, 5.74) is 10.1. The summed E-state index contributed by atoms with van der Waals surface area (Å²) in [4.78, 5) is 13.9. The van der Waals surface area contributed by atoms with Gasteiger partial charge in [0.15, 0.2) is 0 Å². The first-order valence-electron chi connectivity index (χ1n) is 2.74. The van der Waals surface area contributed by atoms with Gasteiger partial charge in [-0.1, -0.05) is 0 Å². The van der Waals surface area contributed by atoms with Crippen LogP contribution in [0.25, 0.3) is 0 Å². The van der Waals surface area contributed by atoms with Crippen LogP contribution in [0.2, 0.25) is 0 Å². The lowest BCUT2D eigenvalue weighted by Crippen LogP contribution is -2.22. The van der Waals surface area contributed by atoms with Gasteiger partial charge in [0.1, 0.15) is 5.84 Å². The van der Waals surface area contributed by atoms with Crippen LogP contribution in [0.15, 0.2) is 4.99 Å². The lowest BCUT2D eigenvalue weighted by molar-refractivity contribution is -0.116. The van der Waals surface area contributed by atoms with E-state index in [0.29, 0.717) is 12.4 Å². The summed E-state index contributed by atoms with van der Waals surface area (Å²) in [7, 11) is 0. The van der Waals surface area contributed by atoms with Gasteiger partial charge in [0.2, 0.25) is 5.91 Å². The number of carbonyl (C=O) groups excluding carboxylic acids is 1. The molecule has 0 heterocycles. The van der Waals surface area contributed by atoms with E-state index in [0.717, 1.165) is 0 Å². The van der Waals surface area contributed by atoms with Crippen molar-refractivity contribution >= 4 is 11.7 Å². The quantitative estimate of drug-likeness (QED) is 0.388. The number of amides is 1. The van der Waals surface area contributed by atoms with Crippen molar-refractivity contribution in [3.8, 4) is 0 Å². The van der Waals surface area contributed by atoms with E-state index in [4.69, 9.17) is 11.5 Å². The molecular formula is C5H11N3O. The molecule has 0 spiro atoms. The summed E-state index contributed by atoms with van der Waals surface area (Å²) in [5, 5.41) is 0. The van der Waals surface area contributed by atoms with Crippen molar-refractivity contribution in [2.75, 3.05) is 6.54 Å². The third-order valence-electron chi connectivity index (χ3n) is 0.717. The molecular weight excluding hydrogens is 118 g/mol. The van der Waals surface area contributed by atoms with Crippen molar-refractivity contribution in [3.05, 3.63) is 0 Å². The Balaban J connectivity index is 3.62. The van der Waals surface area contributed by atoms with Crippen LogP contribution in [-0.4, -0.2) is 18.3 Å². The number of hydrogen-bond acceptors (Lipinski definition) is 2. The molecule has 1 amide bonds. The van der Waals surface area contributed by atoms with Crippen molar-refractivity contribution in [2.45, 2.75) is 13.3 Å². The highest BCUT2D eigenvalue weighted by Crippen LogP contribution is 1.77. The van der Waals surface area contributed by atoms with Gasteiger partial charge in [-0.2, -0.15) is 0 Å². The average Bonchev–Trinajstić information content (AvgIpc) is 1.63. The van der Waals surface area contributed by atoms with Gasteiger partial charge in [0.05, 0.1) is 6.42 Å². The molecule has 4 N–H and O–H groups in total. The molecule has 0 atom stereocenters. The molecule has 0 aliphatic heterocycles. The van der Waals surface area contributed by atoms with Crippen LogP contribution in [0.4, 0.5) is 0 Å². The Labute approximate surface area is 53.9 Å². The molecule has 0 aromatic carbocycles. The summed E-state index contributed by atoms with van der Waals surface area (Å²) >= 11 is 0. The van der Waals surface area contributed by atoms with E-state index in [1.54, 1.807) is 0 Å². The molecule has 0 aliphatic carbocycles. The fourth-order valence-corrected chi connectivity index (χ4v) is 0.438. The van der Waals surface area contributed by atoms with E-state index in [1.165, 1.54) is 0 Å². The Morgan fingerprint density at radius 2 is 2.11 bits per heavy atom. The first-order chi connectivity index (χ1) is 4.16. The average molecular weight is 129 g/mol. The maximum absolute atomic E-state index is 10.1. The zero-order valence-corrected chi connectivity index (χ0v) is 5.42. The van der Waals surface area contributed by atoms with Crippen molar-refractivity contribution in [3.63, 3.8) is 0 Å². The summed E-state index contributed by atoms with van der Waals surface area (Å²) in [6.45, 7) is 2.44. The van der Waals surface area contributed by atoms with E-state index in [1.807, 2.05) is 6.92 Å². The number of amidine groups is 1. The van der Waals surface area contributed by atoms with Gasteiger partial charge in [-0.3, -0.25) is 9.79 Å². The zero-order chi connectivity index (χ0) is 7.28. The molecule has 52 valence electrons. The first-order valence-corrected chi connectivity index (χ1v) is 2.74. The van der Waals surface area contributed by atoms with E-state index in [-0.39, 0.29) is 6.42 Å². The number of nitrogens with zero attached hydrogens (tertiary/aromatic N) is 1. The minimum atomic E-state index is -0.440. The molecule has 0 saturated carbocycles. The molecule has 0 bridgehead atoms.